The van der Waals surface area contributed by atoms with E-state index in [1.165, 1.54) is 6.07 Å². The first-order chi connectivity index (χ1) is 10.6. The summed E-state index contributed by atoms with van der Waals surface area (Å²) in [5.41, 5.74) is 1.66. The number of hydrogen-bond acceptors (Lipinski definition) is 4. The lowest BCUT2D eigenvalue weighted by Crippen LogP contribution is -2.20. The molecule has 3 aromatic rings. The third kappa shape index (κ3) is 2.69. The SMILES string of the molecule is COc1ccc(Cn2c(=O)cc(O)c3nc(Br)ccc32)cc1. The second-order valence-electron chi connectivity index (χ2n) is 4.80. The van der Waals surface area contributed by atoms with Crippen molar-refractivity contribution in [1.82, 2.24) is 9.55 Å². The third-order valence-corrected chi connectivity index (χ3v) is 3.84. The Kier molecular flexibility index (Phi) is 3.85. The zero-order chi connectivity index (χ0) is 15.7. The highest BCUT2D eigenvalue weighted by molar-refractivity contribution is 9.10. The number of methoxy groups -OCH3 is 1. The van der Waals surface area contributed by atoms with Crippen LogP contribution in [0.5, 0.6) is 11.5 Å². The van der Waals surface area contributed by atoms with Crippen LogP contribution in [0.25, 0.3) is 11.0 Å². The van der Waals surface area contributed by atoms with Crippen LogP contribution in [-0.4, -0.2) is 21.8 Å². The molecule has 1 N–H and O–H groups in total. The number of hydrogen-bond donors (Lipinski definition) is 1. The normalized spacial score (nSPS) is 10.8. The minimum Gasteiger partial charge on any atom is -0.505 e. The summed E-state index contributed by atoms with van der Waals surface area (Å²) in [6.45, 7) is 0.392. The van der Waals surface area contributed by atoms with E-state index in [0.29, 0.717) is 22.2 Å². The molecule has 22 heavy (non-hydrogen) atoms. The van der Waals surface area contributed by atoms with Crippen molar-refractivity contribution in [3.63, 3.8) is 0 Å². The standard InChI is InChI=1S/C16H13BrN2O3/c1-22-11-4-2-10(3-5-11)9-19-12-6-7-14(17)18-16(12)13(20)8-15(19)21/h2-8,20H,9H2,1H3. The summed E-state index contributed by atoms with van der Waals surface area (Å²) < 4.78 is 7.31. The van der Waals surface area contributed by atoms with E-state index >= 15 is 0 Å². The van der Waals surface area contributed by atoms with Gasteiger partial charge in [0, 0.05) is 6.07 Å². The maximum atomic E-state index is 12.2. The van der Waals surface area contributed by atoms with E-state index < -0.39 is 0 Å². The van der Waals surface area contributed by atoms with Gasteiger partial charge in [0.15, 0.2) is 0 Å². The summed E-state index contributed by atoms with van der Waals surface area (Å²) in [7, 11) is 1.61. The Morgan fingerprint density at radius 3 is 2.64 bits per heavy atom. The Balaban J connectivity index is 2.11. The van der Waals surface area contributed by atoms with Crippen LogP contribution < -0.4 is 10.3 Å². The maximum absolute atomic E-state index is 12.2. The van der Waals surface area contributed by atoms with Crippen molar-refractivity contribution in [1.29, 1.82) is 0 Å². The van der Waals surface area contributed by atoms with Gasteiger partial charge >= 0.3 is 0 Å². The van der Waals surface area contributed by atoms with Crippen LogP contribution in [0, 0.1) is 0 Å². The zero-order valence-electron chi connectivity index (χ0n) is 11.8. The van der Waals surface area contributed by atoms with E-state index in [1.54, 1.807) is 23.8 Å². The minimum absolute atomic E-state index is 0.118. The molecule has 0 saturated heterocycles. The van der Waals surface area contributed by atoms with Crippen molar-refractivity contribution >= 4 is 27.0 Å². The lowest BCUT2D eigenvalue weighted by atomic mass is 10.2. The molecule has 3 rings (SSSR count). The molecule has 2 aromatic heterocycles. The predicted octanol–water partition coefficient (Wildman–Crippen LogP) is 2.92. The van der Waals surface area contributed by atoms with Crippen LogP contribution in [0.3, 0.4) is 0 Å². The third-order valence-electron chi connectivity index (χ3n) is 3.40. The van der Waals surface area contributed by atoms with E-state index in [-0.39, 0.29) is 11.3 Å². The second-order valence-corrected chi connectivity index (χ2v) is 5.62. The molecule has 0 fully saturated rings. The minimum atomic E-state index is -0.273. The molecule has 0 aliphatic carbocycles. The molecule has 0 bridgehead atoms. The van der Waals surface area contributed by atoms with Crippen LogP contribution in [0.4, 0.5) is 0 Å². The first-order valence-electron chi connectivity index (χ1n) is 6.60. The van der Waals surface area contributed by atoms with Crippen LogP contribution in [0.2, 0.25) is 0 Å². The van der Waals surface area contributed by atoms with Gasteiger partial charge in [0.05, 0.1) is 19.2 Å². The van der Waals surface area contributed by atoms with Gasteiger partial charge in [-0.05, 0) is 45.8 Å². The molecule has 112 valence electrons. The number of aromatic nitrogens is 2. The van der Waals surface area contributed by atoms with Crippen LogP contribution in [-0.2, 0) is 6.54 Å². The lowest BCUT2D eigenvalue weighted by molar-refractivity contribution is 0.414. The Morgan fingerprint density at radius 1 is 1.23 bits per heavy atom. The number of nitrogens with zero attached hydrogens (tertiary/aromatic N) is 2. The number of pyridine rings is 2. The largest absolute Gasteiger partial charge is 0.505 e. The first kappa shape index (κ1) is 14.6. The van der Waals surface area contributed by atoms with E-state index in [4.69, 9.17) is 4.74 Å². The second kappa shape index (κ2) is 5.81. The fourth-order valence-electron chi connectivity index (χ4n) is 2.29. The number of benzene rings is 1. The van der Waals surface area contributed by atoms with Crippen molar-refractivity contribution in [2.24, 2.45) is 0 Å². The van der Waals surface area contributed by atoms with Crippen molar-refractivity contribution in [3.05, 3.63) is 63.0 Å². The van der Waals surface area contributed by atoms with E-state index in [0.717, 1.165) is 11.3 Å². The van der Waals surface area contributed by atoms with Gasteiger partial charge in [0.1, 0.15) is 21.6 Å². The molecule has 0 unspecified atom stereocenters. The van der Waals surface area contributed by atoms with Crippen molar-refractivity contribution in [2.45, 2.75) is 6.54 Å². The van der Waals surface area contributed by atoms with Gasteiger partial charge in [-0.1, -0.05) is 12.1 Å². The van der Waals surface area contributed by atoms with E-state index in [1.807, 2.05) is 24.3 Å². The number of halogens is 1. The molecule has 0 atom stereocenters. The summed E-state index contributed by atoms with van der Waals surface area (Å²) >= 11 is 3.27. The van der Waals surface area contributed by atoms with Gasteiger partial charge in [0.25, 0.3) is 5.56 Å². The smallest absolute Gasteiger partial charge is 0.255 e. The van der Waals surface area contributed by atoms with Gasteiger partial charge in [-0.3, -0.25) is 4.79 Å². The number of fused-ring (bicyclic) bond motifs is 1. The van der Waals surface area contributed by atoms with Gasteiger partial charge in [-0.25, -0.2) is 4.98 Å². The molecule has 0 aliphatic rings. The quantitative estimate of drug-likeness (QED) is 0.729. The maximum Gasteiger partial charge on any atom is 0.255 e. The summed E-state index contributed by atoms with van der Waals surface area (Å²) in [5.74, 6) is 0.643. The lowest BCUT2D eigenvalue weighted by Gasteiger charge is -2.11. The monoisotopic (exact) mass is 360 g/mol. The average molecular weight is 361 g/mol. The summed E-state index contributed by atoms with van der Waals surface area (Å²) in [6, 6.07) is 12.2. The van der Waals surface area contributed by atoms with Gasteiger partial charge in [0.2, 0.25) is 0 Å². The Labute approximate surface area is 134 Å². The zero-order valence-corrected chi connectivity index (χ0v) is 13.4. The van der Waals surface area contributed by atoms with Crippen LogP contribution in [0.15, 0.2) is 51.9 Å². The molecule has 6 heteroatoms. The topological polar surface area (TPSA) is 64.3 Å². The number of ether oxygens (including phenoxy) is 1. The molecule has 0 aliphatic heterocycles. The van der Waals surface area contributed by atoms with Crippen LogP contribution in [0.1, 0.15) is 5.56 Å². The van der Waals surface area contributed by atoms with Crippen molar-refractivity contribution in [3.8, 4) is 11.5 Å². The highest BCUT2D eigenvalue weighted by atomic mass is 79.9. The molecule has 1 aromatic carbocycles. The summed E-state index contributed by atoms with van der Waals surface area (Å²) in [4.78, 5) is 16.4. The Bertz CT molecular complexity index is 888. The van der Waals surface area contributed by atoms with Gasteiger partial charge < -0.3 is 14.4 Å². The van der Waals surface area contributed by atoms with Gasteiger partial charge in [-0.15, -0.1) is 0 Å². The van der Waals surface area contributed by atoms with Crippen LogP contribution >= 0.6 is 15.9 Å². The molecule has 2 heterocycles. The first-order valence-corrected chi connectivity index (χ1v) is 7.40. The predicted molar refractivity (Wildman–Crippen MR) is 87.5 cm³/mol. The Morgan fingerprint density at radius 2 is 1.95 bits per heavy atom. The molecule has 5 nitrogen and oxygen atoms in total. The number of rotatable bonds is 3. The van der Waals surface area contributed by atoms with Crippen molar-refractivity contribution < 1.29 is 9.84 Å². The summed E-state index contributed by atoms with van der Waals surface area (Å²) in [6.07, 6.45) is 0. The van der Waals surface area contributed by atoms with E-state index in [2.05, 4.69) is 20.9 Å². The number of aromatic hydroxyl groups is 1. The fraction of sp³-hybridized carbons (Fsp3) is 0.125. The molecule has 0 spiro atoms. The highest BCUT2D eigenvalue weighted by Gasteiger charge is 2.10. The van der Waals surface area contributed by atoms with E-state index in [9.17, 15) is 9.90 Å². The molecule has 0 amide bonds. The average Bonchev–Trinajstić information content (AvgIpc) is 2.52. The van der Waals surface area contributed by atoms with Gasteiger partial charge in [-0.2, -0.15) is 0 Å². The van der Waals surface area contributed by atoms with Crippen molar-refractivity contribution in [2.75, 3.05) is 7.11 Å². The molecule has 0 saturated carbocycles. The fourth-order valence-corrected chi connectivity index (χ4v) is 2.60. The summed E-state index contributed by atoms with van der Waals surface area (Å²) in [5, 5.41) is 9.92. The molecular weight excluding hydrogens is 348 g/mol. The highest BCUT2D eigenvalue weighted by Crippen LogP contribution is 2.23. The molecular formula is C16H13BrN2O3. The Hall–Kier alpha value is -2.34. The molecule has 0 radical (unpaired) electrons.